The number of anilines is 1. The van der Waals surface area contributed by atoms with E-state index in [1.807, 2.05) is 30.5 Å². The molecule has 1 aromatic carbocycles. The number of carbonyl (C=O) groups is 1. The lowest BCUT2D eigenvalue weighted by atomic mass is 9.90. The average molecular weight is 283 g/mol. The highest BCUT2D eigenvalue weighted by atomic mass is 16.2. The smallest absolute Gasteiger partial charge is 0.244 e. The molecule has 2 aromatic rings. The van der Waals surface area contributed by atoms with Crippen molar-refractivity contribution in [2.45, 2.75) is 38.1 Å². The van der Waals surface area contributed by atoms with Crippen molar-refractivity contribution in [3.8, 4) is 0 Å². The second-order valence-electron chi connectivity index (χ2n) is 5.72. The van der Waals surface area contributed by atoms with Crippen molar-refractivity contribution < 1.29 is 4.79 Å². The van der Waals surface area contributed by atoms with Crippen LogP contribution in [0.3, 0.4) is 0 Å². The van der Waals surface area contributed by atoms with E-state index in [9.17, 15) is 4.79 Å². The normalized spacial score (nSPS) is 21.6. The van der Waals surface area contributed by atoms with E-state index in [0.717, 1.165) is 48.7 Å². The Balaban J connectivity index is 1.89. The first kappa shape index (κ1) is 14.0. The molecule has 0 spiro atoms. The maximum Gasteiger partial charge on any atom is 0.244 e. The number of benzene rings is 1. The van der Waals surface area contributed by atoms with Crippen molar-refractivity contribution in [2.75, 3.05) is 11.9 Å². The van der Waals surface area contributed by atoms with Gasteiger partial charge in [-0.15, -0.1) is 0 Å². The van der Waals surface area contributed by atoms with E-state index in [2.05, 4.69) is 22.5 Å². The van der Waals surface area contributed by atoms with Crippen LogP contribution in [0.1, 0.15) is 32.6 Å². The largest absolute Gasteiger partial charge is 0.324 e. The molecular formula is C17H21N3O. The molecule has 4 nitrogen and oxygen atoms in total. The summed E-state index contributed by atoms with van der Waals surface area (Å²) >= 11 is 0. The molecule has 1 saturated heterocycles. The van der Waals surface area contributed by atoms with Crippen LogP contribution in [0, 0.1) is 0 Å². The molecule has 0 saturated carbocycles. The Morgan fingerprint density at radius 3 is 3.10 bits per heavy atom. The van der Waals surface area contributed by atoms with E-state index in [4.69, 9.17) is 0 Å². The molecule has 0 radical (unpaired) electrons. The standard InChI is InChI=1S/C17H21N3O/c1-2-8-17(9-4-10-19-17)16(21)20-15-6-3-5-13-12-18-11-7-14(13)15/h3,5-7,11-12,19H,2,4,8-10H2,1H3,(H,20,21). The lowest BCUT2D eigenvalue weighted by Gasteiger charge is -2.28. The molecule has 0 aliphatic carbocycles. The van der Waals surface area contributed by atoms with Crippen LogP contribution in [0.15, 0.2) is 36.7 Å². The molecule has 1 aromatic heterocycles. The SMILES string of the molecule is CCCC1(C(=O)Nc2cccc3cnccc23)CCCN1. The van der Waals surface area contributed by atoms with Crippen LogP contribution in [0.5, 0.6) is 0 Å². The minimum Gasteiger partial charge on any atom is -0.324 e. The third-order valence-electron chi connectivity index (χ3n) is 4.28. The number of aromatic nitrogens is 1. The number of pyridine rings is 1. The Labute approximate surface area is 125 Å². The van der Waals surface area contributed by atoms with Crippen LogP contribution in [0.25, 0.3) is 10.8 Å². The molecule has 1 atom stereocenters. The van der Waals surface area contributed by atoms with Gasteiger partial charge < -0.3 is 10.6 Å². The predicted molar refractivity (Wildman–Crippen MR) is 85.2 cm³/mol. The van der Waals surface area contributed by atoms with Gasteiger partial charge in [-0.05, 0) is 37.9 Å². The van der Waals surface area contributed by atoms with Gasteiger partial charge >= 0.3 is 0 Å². The molecule has 3 rings (SSSR count). The van der Waals surface area contributed by atoms with E-state index in [-0.39, 0.29) is 5.91 Å². The van der Waals surface area contributed by atoms with Crippen LogP contribution in [0.2, 0.25) is 0 Å². The minimum absolute atomic E-state index is 0.0890. The maximum atomic E-state index is 12.8. The quantitative estimate of drug-likeness (QED) is 0.906. The molecule has 1 unspecified atom stereocenters. The highest BCUT2D eigenvalue weighted by Crippen LogP contribution is 2.28. The molecule has 21 heavy (non-hydrogen) atoms. The van der Waals surface area contributed by atoms with E-state index < -0.39 is 5.54 Å². The van der Waals surface area contributed by atoms with Crippen molar-refractivity contribution >= 4 is 22.4 Å². The summed E-state index contributed by atoms with van der Waals surface area (Å²) in [7, 11) is 0. The lowest BCUT2D eigenvalue weighted by Crippen LogP contribution is -2.50. The minimum atomic E-state index is -0.399. The van der Waals surface area contributed by atoms with Crippen LogP contribution >= 0.6 is 0 Å². The Kier molecular flexibility index (Phi) is 3.88. The van der Waals surface area contributed by atoms with Gasteiger partial charge in [-0.25, -0.2) is 0 Å². The van der Waals surface area contributed by atoms with Crippen molar-refractivity contribution in [3.63, 3.8) is 0 Å². The summed E-state index contributed by atoms with van der Waals surface area (Å²) in [6, 6.07) is 7.86. The summed E-state index contributed by atoms with van der Waals surface area (Å²) in [6.07, 6.45) is 7.44. The van der Waals surface area contributed by atoms with E-state index in [0.29, 0.717) is 0 Å². The molecule has 2 heterocycles. The van der Waals surface area contributed by atoms with E-state index in [1.54, 1.807) is 6.20 Å². The summed E-state index contributed by atoms with van der Waals surface area (Å²) in [5.41, 5.74) is 0.466. The Morgan fingerprint density at radius 2 is 2.33 bits per heavy atom. The fourth-order valence-electron chi connectivity index (χ4n) is 3.23. The number of carbonyl (C=O) groups excluding carboxylic acids is 1. The molecule has 1 aliphatic rings. The molecule has 4 heteroatoms. The summed E-state index contributed by atoms with van der Waals surface area (Å²) in [6.45, 7) is 3.05. The van der Waals surface area contributed by atoms with Crippen molar-refractivity contribution in [1.29, 1.82) is 0 Å². The Hall–Kier alpha value is -1.94. The number of nitrogens with zero attached hydrogens (tertiary/aromatic N) is 1. The molecule has 0 bridgehead atoms. The third-order valence-corrected chi connectivity index (χ3v) is 4.28. The third kappa shape index (κ3) is 2.63. The zero-order valence-electron chi connectivity index (χ0n) is 12.4. The van der Waals surface area contributed by atoms with Gasteiger partial charge in [-0.2, -0.15) is 0 Å². The van der Waals surface area contributed by atoms with Gasteiger partial charge in [-0.3, -0.25) is 9.78 Å². The first-order chi connectivity index (χ1) is 10.2. The maximum absolute atomic E-state index is 12.8. The van der Waals surface area contributed by atoms with Gasteiger partial charge in [-0.1, -0.05) is 25.5 Å². The van der Waals surface area contributed by atoms with Gasteiger partial charge in [0.1, 0.15) is 0 Å². The van der Waals surface area contributed by atoms with Gasteiger partial charge in [0, 0.05) is 28.9 Å². The van der Waals surface area contributed by atoms with E-state index in [1.165, 1.54) is 0 Å². The number of fused-ring (bicyclic) bond motifs is 1. The summed E-state index contributed by atoms with van der Waals surface area (Å²) in [4.78, 5) is 16.9. The number of hydrogen-bond donors (Lipinski definition) is 2. The Bertz CT molecular complexity index is 642. The fraction of sp³-hybridized carbons (Fsp3) is 0.412. The topological polar surface area (TPSA) is 54.0 Å². The molecule has 110 valence electrons. The molecule has 1 fully saturated rings. The molecule has 1 amide bonds. The molecular weight excluding hydrogens is 262 g/mol. The van der Waals surface area contributed by atoms with Crippen molar-refractivity contribution in [2.24, 2.45) is 0 Å². The molecule has 2 N–H and O–H groups in total. The monoisotopic (exact) mass is 283 g/mol. The first-order valence-corrected chi connectivity index (χ1v) is 7.64. The van der Waals surface area contributed by atoms with Gasteiger partial charge in [0.05, 0.1) is 5.54 Å². The number of nitrogens with one attached hydrogen (secondary N) is 2. The van der Waals surface area contributed by atoms with Gasteiger partial charge in [0.15, 0.2) is 0 Å². The van der Waals surface area contributed by atoms with Crippen molar-refractivity contribution in [3.05, 3.63) is 36.7 Å². The van der Waals surface area contributed by atoms with Crippen molar-refractivity contribution in [1.82, 2.24) is 10.3 Å². The number of hydrogen-bond acceptors (Lipinski definition) is 3. The van der Waals surface area contributed by atoms with Crippen LogP contribution in [-0.2, 0) is 4.79 Å². The van der Waals surface area contributed by atoms with Crippen LogP contribution < -0.4 is 10.6 Å². The van der Waals surface area contributed by atoms with Crippen LogP contribution in [-0.4, -0.2) is 23.0 Å². The van der Waals surface area contributed by atoms with Gasteiger partial charge in [0.25, 0.3) is 0 Å². The fourth-order valence-corrected chi connectivity index (χ4v) is 3.23. The average Bonchev–Trinajstić information content (AvgIpc) is 2.98. The summed E-state index contributed by atoms with van der Waals surface area (Å²) in [5, 5.41) is 8.61. The molecule has 1 aliphatic heterocycles. The highest BCUT2D eigenvalue weighted by molar-refractivity contribution is 6.05. The highest BCUT2D eigenvalue weighted by Gasteiger charge is 2.39. The second kappa shape index (κ2) is 5.82. The predicted octanol–water partition coefficient (Wildman–Crippen LogP) is 3.10. The first-order valence-electron chi connectivity index (χ1n) is 7.64. The Morgan fingerprint density at radius 1 is 1.43 bits per heavy atom. The summed E-state index contributed by atoms with van der Waals surface area (Å²) in [5.74, 6) is 0.0890. The number of rotatable bonds is 4. The lowest BCUT2D eigenvalue weighted by molar-refractivity contribution is -0.122. The number of amides is 1. The van der Waals surface area contributed by atoms with Crippen LogP contribution in [0.4, 0.5) is 5.69 Å². The second-order valence-corrected chi connectivity index (χ2v) is 5.72. The van der Waals surface area contributed by atoms with Gasteiger partial charge in [0.2, 0.25) is 5.91 Å². The van der Waals surface area contributed by atoms with E-state index >= 15 is 0 Å². The zero-order valence-corrected chi connectivity index (χ0v) is 12.4. The zero-order chi connectivity index (χ0) is 14.7. The summed E-state index contributed by atoms with van der Waals surface area (Å²) < 4.78 is 0.